The number of nitrogens with zero attached hydrogens (tertiary/aromatic N) is 3. The molecule has 3 aromatic rings. The number of terminal acetylenes is 1. The summed E-state index contributed by atoms with van der Waals surface area (Å²) in [6.45, 7) is 11.5. The van der Waals surface area contributed by atoms with Crippen LogP contribution >= 0.6 is 0 Å². The lowest BCUT2D eigenvalue weighted by atomic mass is 9.80. The first-order valence-corrected chi connectivity index (χ1v) is 16.7. The molecular weight excluding hydrogens is 587 g/mol. The molecule has 1 aliphatic heterocycles. The van der Waals surface area contributed by atoms with E-state index in [1.54, 1.807) is 6.20 Å². The Kier molecular flexibility index (Phi) is 14.1. The molecule has 3 heterocycles. The van der Waals surface area contributed by atoms with Gasteiger partial charge in [0.25, 0.3) is 0 Å². The van der Waals surface area contributed by atoms with E-state index >= 15 is 0 Å². The number of halogens is 3. The van der Waals surface area contributed by atoms with Crippen LogP contribution < -0.4 is 10.9 Å². The molecule has 2 aromatic heterocycles. The molecule has 6 nitrogen and oxygen atoms in total. The highest BCUT2D eigenvalue weighted by molar-refractivity contribution is 5.93. The van der Waals surface area contributed by atoms with E-state index in [0.717, 1.165) is 93.3 Å². The summed E-state index contributed by atoms with van der Waals surface area (Å²) in [5.41, 5.74) is 10.5. The molecule has 1 amide bonds. The van der Waals surface area contributed by atoms with Crippen molar-refractivity contribution in [2.24, 2.45) is 5.41 Å². The van der Waals surface area contributed by atoms with Crippen molar-refractivity contribution in [2.75, 3.05) is 26.2 Å². The molecule has 1 unspecified atom stereocenters. The minimum absolute atomic E-state index is 0.0589. The number of pyridine rings is 1. The van der Waals surface area contributed by atoms with E-state index < -0.39 is 12.7 Å². The Morgan fingerprint density at radius 3 is 2.54 bits per heavy atom. The first kappa shape index (κ1) is 37.1. The van der Waals surface area contributed by atoms with E-state index in [0.29, 0.717) is 36.4 Å². The van der Waals surface area contributed by atoms with Crippen LogP contribution in [-0.4, -0.2) is 53.2 Å². The van der Waals surface area contributed by atoms with Gasteiger partial charge in [-0.15, -0.1) is 12.8 Å². The fourth-order valence-corrected chi connectivity index (χ4v) is 7.03. The molecule has 0 bridgehead atoms. The van der Waals surface area contributed by atoms with Gasteiger partial charge in [0.05, 0.1) is 5.69 Å². The lowest BCUT2D eigenvalue weighted by Crippen LogP contribution is -2.30. The number of rotatable bonds is 17. The highest BCUT2D eigenvalue weighted by Gasteiger charge is 2.34. The topological polar surface area (TPSA) is 62.2 Å². The number of alkyl halides is 3. The second-order valence-electron chi connectivity index (χ2n) is 13.1. The van der Waals surface area contributed by atoms with Gasteiger partial charge >= 0.3 is 6.18 Å². The quantitative estimate of drug-likeness (QED) is 0.0679. The van der Waals surface area contributed by atoms with Crippen LogP contribution in [0.15, 0.2) is 36.5 Å². The fourth-order valence-electron chi connectivity index (χ4n) is 7.03. The molecule has 9 heteroatoms. The molecule has 1 aromatic carbocycles. The molecule has 1 saturated heterocycles. The van der Waals surface area contributed by atoms with Crippen molar-refractivity contribution in [3.63, 3.8) is 0 Å². The van der Waals surface area contributed by atoms with E-state index in [1.165, 1.54) is 10.1 Å². The van der Waals surface area contributed by atoms with Gasteiger partial charge in [-0.2, -0.15) is 13.2 Å². The summed E-state index contributed by atoms with van der Waals surface area (Å²) in [4.78, 5) is 17.4. The zero-order valence-electron chi connectivity index (χ0n) is 28.1. The van der Waals surface area contributed by atoms with E-state index in [4.69, 9.17) is 0 Å². The van der Waals surface area contributed by atoms with Crippen LogP contribution in [0.1, 0.15) is 95.4 Å². The van der Waals surface area contributed by atoms with Gasteiger partial charge in [0.2, 0.25) is 6.41 Å². The van der Waals surface area contributed by atoms with E-state index in [1.807, 2.05) is 25.1 Å². The number of aromatic nitrogens is 2. The maximum Gasteiger partial charge on any atom is 0.406 e. The Labute approximate surface area is 273 Å². The number of hydrogen-bond acceptors (Lipinski definition) is 4. The largest absolute Gasteiger partial charge is 0.406 e. The fraction of sp³-hybridized carbons (Fsp3) is 0.568. The van der Waals surface area contributed by atoms with Crippen molar-refractivity contribution < 1.29 is 18.0 Å². The third kappa shape index (κ3) is 10.1. The summed E-state index contributed by atoms with van der Waals surface area (Å²) in [6.07, 6.45) is 14.9. The minimum atomic E-state index is -4.35. The van der Waals surface area contributed by atoms with Crippen molar-refractivity contribution in [2.45, 2.75) is 104 Å². The van der Waals surface area contributed by atoms with Crippen LogP contribution in [0.3, 0.4) is 0 Å². The summed E-state index contributed by atoms with van der Waals surface area (Å²) < 4.78 is 43.9. The number of aryl methyl sites for hydroxylation is 1. The van der Waals surface area contributed by atoms with Crippen molar-refractivity contribution in [1.82, 2.24) is 25.3 Å². The molecule has 252 valence electrons. The number of carbonyl (C=O) groups excluding carboxylic acids is 1. The molecule has 0 radical (unpaired) electrons. The molecule has 0 saturated carbocycles. The SMILES string of the molecule is C#C.CCCC(C)(C)Cc1c(-c2cccnc2CC)n(CC(F)(F)F)c2ccc(C3CCN(CCCCCCNNC=O)C3)cc12. The van der Waals surface area contributed by atoms with Gasteiger partial charge < -0.3 is 9.47 Å². The van der Waals surface area contributed by atoms with Gasteiger partial charge in [-0.05, 0) is 98.3 Å². The number of hydrazine groups is 1. The Hall–Kier alpha value is -3.35. The summed E-state index contributed by atoms with van der Waals surface area (Å²) in [6, 6.07) is 10.00. The normalized spacial score (nSPS) is 15.5. The van der Waals surface area contributed by atoms with E-state index in [9.17, 15) is 18.0 Å². The van der Waals surface area contributed by atoms with Gasteiger partial charge in [-0.1, -0.05) is 53.0 Å². The van der Waals surface area contributed by atoms with Crippen LogP contribution in [0.5, 0.6) is 0 Å². The van der Waals surface area contributed by atoms with Gasteiger partial charge in [-0.3, -0.25) is 15.2 Å². The molecule has 1 atom stereocenters. The second-order valence-corrected chi connectivity index (χ2v) is 13.1. The predicted molar refractivity (Wildman–Crippen MR) is 182 cm³/mol. The lowest BCUT2D eigenvalue weighted by molar-refractivity contribution is -0.139. The molecule has 0 spiro atoms. The first-order chi connectivity index (χ1) is 22.1. The monoisotopic (exact) mass is 639 g/mol. The predicted octanol–water partition coefficient (Wildman–Crippen LogP) is 8.05. The average Bonchev–Trinajstić information content (AvgIpc) is 3.61. The maximum absolute atomic E-state index is 14.1. The van der Waals surface area contributed by atoms with Crippen molar-refractivity contribution in [3.8, 4) is 24.1 Å². The molecule has 46 heavy (non-hydrogen) atoms. The zero-order chi connectivity index (χ0) is 33.7. The maximum atomic E-state index is 14.1. The van der Waals surface area contributed by atoms with Gasteiger partial charge in [0.15, 0.2) is 0 Å². The van der Waals surface area contributed by atoms with Crippen LogP contribution in [0.4, 0.5) is 13.2 Å². The average molecular weight is 640 g/mol. The number of unbranched alkanes of at least 4 members (excludes halogenated alkanes) is 3. The smallest absolute Gasteiger partial charge is 0.331 e. The zero-order valence-corrected chi connectivity index (χ0v) is 28.1. The van der Waals surface area contributed by atoms with Crippen LogP contribution in [0, 0.1) is 18.3 Å². The first-order valence-electron chi connectivity index (χ1n) is 16.7. The van der Waals surface area contributed by atoms with Crippen molar-refractivity contribution in [3.05, 3.63) is 53.3 Å². The highest BCUT2D eigenvalue weighted by atomic mass is 19.4. The van der Waals surface area contributed by atoms with Crippen LogP contribution in [0.2, 0.25) is 0 Å². The molecule has 4 rings (SSSR count). The van der Waals surface area contributed by atoms with E-state index in [-0.39, 0.29) is 5.41 Å². The molecule has 1 aliphatic rings. The number of hydrogen-bond donors (Lipinski definition) is 2. The van der Waals surface area contributed by atoms with Gasteiger partial charge in [-0.25, -0.2) is 5.43 Å². The molecule has 1 fully saturated rings. The van der Waals surface area contributed by atoms with E-state index in [2.05, 4.69) is 66.5 Å². The molecule has 0 aliphatic carbocycles. The Bertz CT molecular complexity index is 1410. The minimum Gasteiger partial charge on any atom is -0.331 e. The third-order valence-corrected chi connectivity index (χ3v) is 9.02. The summed E-state index contributed by atoms with van der Waals surface area (Å²) >= 11 is 0. The standard InChI is InChI=1S/C35H50F3N5O.C2H2/c1-5-16-34(3,4)22-30-29-21-26(27-15-20-42(23-27)19-10-8-7-9-18-40-41-25-44)13-14-32(29)43(24-35(36,37)38)33(30)28-12-11-17-39-31(28)6-2;1-2/h11-14,17,21,25,27,40H,5-10,15-16,18-20,22-24H2,1-4H3,(H,41,44);1-2H. The van der Waals surface area contributed by atoms with Gasteiger partial charge in [0, 0.05) is 41.4 Å². The Morgan fingerprint density at radius 2 is 1.85 bits per heavy atom. The summed E-state index contributed by atoms with van der Waals surface area (Å²) in [5, 5.41) is 0.952. The van der Waals surface area contributed by atoms with Gasteiger partial charge in [0.1, 0.15) is 6.54 Å². The van der Waals surface area contributed by atoms with Crippen molar-refractivity contribution >= 4 is 17.3 Å². The number of nitrogens with one attached hydrogen (secondary N) is 2. The Balaban J connectivity index is 0.00000282. The number of benzene rings is 1. The third-order valence-electron chi connectivity index (χ3n) is 9.02. The number of fused-ring (bicyclic) bond motifs is 1. The summed E-state index contributed by atoms with van der Waals surface area (Å²) in [7, 11) is 0. The number of likely N-dealkylation sites (tertiary alicyclic amines) is 1. The number of carbonyl (C=O) groups is 1. The lowest BCUT2D eigenvalue weighted by Gasteiger charge is -2.25. The van der Waals surface area contributed by atoms with Crippen molar-refractivity contribution in [1.29, 1.82) is 0 Å². The summed E-state index contributed by atoms with van der Waals surface area (Å²) in [5.74, 6) is 0.369. The number of amides is 1. The second kappa shape index (κ2) is 17.5. The van der Waals surface area contributed by atoms with Crippen LogP contribution in [-0.2, 0) is 24.2 Å². The molecule has 2 N–H and O–H groups in total. The molecular formula is C37H52F3N5O. The Morgan fingerprint density at radius 1 is 1.09 bits per heavy atom. The van der Waals surface area contributed by atoms with Crippen LogP contribution in [0.25, 0.3) is 22.2 Å². The highest BCUT2D eigenvalue weighted by Crippen LogP contribution is 2.43.